The van der Waals surface area contributed by atoms with E-state index in [4.69, 9.17) is 0 Å². The molecule has 2 aromatic carbocycles. The smallest absolute Gasteiger partial charge is 0.293 e. The second-order valence-electron chi connectivity index (χ2n) is 6.01. The van der Waals surface area contributed by atoms with Gasteiger partial charge in [-0.05, 0) is 52.3 Å². The van der Waals surface area contributed by atoms with Crippen molar-refractivity contribution in [1.82, 2.24) is 4.90 Å². The van der Waals surface area contributed by atoms with Crippen LogP contribution in [0.1, 0.15) is 24.0 Å². The molecule has 2 aromatic rings. The Hall–Kier alpha value is -2.16. The number of carbonyl (C=O) groups is 1. The molecule has 6 nitrogen and oxygen atoms in total. The molecule has 1 aliphatic heterocycles. The summed E-state index contributed by atoms with van der Waals surface area (Å²) in [5.41, 5.74) is 2.68. The van der Waals surface area contributed by atoms with Crippen LogP contribution in [0.2, 0.25) is 0 Å². The summed E-state index contributed by atoms with van der Waals surface area (Å²) in [5, 5.41) is 14.3. The molecule has 1 saturated heterocycles. The number of hydrogen-bond acceptors (Lipinski definition) is 4. The molecule has 0 aromatic heterocycles. The highest BCUT2D eigenvalue weighted by atomic mass is 127. The van der Waals surface area contributed by atoms with Gasteiger partial charge in [0.25, 0.3) is 5.69 Å². The minimum Gasteiger partial charge on any atom is -0.375 e. The number of benzene rings is 2. The Morgan fingerprint density at radius 1 is 1.20 bits per heavy atom. The maximum atomic E-state index is 11.8. The van der Waals surface area contributed by atoms with Gasteiger partial charge in [-0.15, -0.1) is 0 Å². The fourth-order valence-corrected chi connectivity index (χ4v) is 3.41. The number of halogens is 1. The largest absolute Gasteiger partial charge is 0.375 e. The minimum atomic E-state index is -0.375. The van der Waals surface area contributed by atoms with Gasteiger partial charge in [0.15, 0.2) is 0 Å². The van der Waals surface area contributed by atoms with Gasteiger partial charge in [-0.25, -0.2) is 0 Å². The maximum absolute atomic E-state index is 11.8. The van der Waals surface area contributed by atoms with Gasteiger partial charge in [0.05, 0.1) is 4.92 Å². The highest BCUT2D eigenvalue weighted by molar-refractivity contribution is 14.1. The molecule has 0 saturated carbocycles. The molecule has 25 heavy (non-hydrogen) atoms. The third-order valence-corrected chi connectivity index (χ3v) is 4.85. The molecular weight excluding hydrogens is 433 g/mol. The molecule has 7 heteroatoms. The van der Waals surface area contributed by atoms with Crippen molar-refractivity contribution in [3.8, 4) is 0 Å². The number of rotatable bonds is 6. The lowest BCUT2D eigenvalue weighted by Gasteiger charge is -2.16. The van der Waals surface area contributed by atoms with Crippen molar-refractivity contribution in [2.24, 2.45) is 0 Å². The molecule has 1 amide bonds. The van der Waals surface area contributed by atoms with E-state index >= 15 is 0 Å². The Morgan fingerprint density at radius 2 is 2.00 bits per heavy atom. The first-order chi connectivity index (χ1) is 12.0. The molecular formula is C18H18IN3O3. The monoisotopic (exact) mass is 451 g/mol. The summed E-state index contributed by atoms with van der Waals surface area (Å²) in [6.45, 7) is 1.93. The SMILES string of the molecule is O=C1CCCN1Cc1cccc(CNc2ccc(I)cc2[N+](=O)[O-])c1. The van der Waals surface area contributed by atoms with Crippen molar-refractivity contribution in [3.05, 3.63) is 67.3 Å². The molecule has 3 rings (SSSR count). The predicted molar refractivity (Wildman–Crippen MR) is 104 cm³/mol. The van der Waals surface area contributed by atoms with E-state index in [9.17, 15) is 14.9 Å². The standard InChI is InChI=1S/C18H18IN3O3/c19-15-6-7-16(17(10-15)22(24)25)20-11-13-3-1-4-14(9-13)12-21-8-2-5-18(21)23/h1,3-4,6-7,9-10,20H,2,5,8,11-12H2. The Labute approximate surface area is 159 Å². The molecule has 0 spiro atoms. The van der Waals surface area contributed by atoms with Gasteiger partial charge < -0.3 is 10.2 Å². The number of anilines is 1. The van der Waals surface area contributed by atoms with Gasteiger partial charge >= 0.3 is 0 Å². The lowest BCUT2D eigenvalue weighted by atomic mass is 10.1. The minimum absolute atomic E-state index is 0.0747. The van der Waals surface area contributed by atoms with E-state index < -0.39 is 0 Å². The second-order valence-corrected chi connectivity index (χ2v) is 7.26. The van der Waals surface area contributed by atoms with Crippen LogP contribution >= 0.6 is 22.6 Å². The zero-order valence-electron chi connectivity index (χ0n) is 13.6. The van der Waals surface area contributed by atoms with Crippen molar-refractivity contribution in [2.45, 2.75) is 25.9 Å². The summed E-state index contributed by atoms with van der Waals surface area (Å²) < 4.78 is 0.826. The molecule has 1 fully saturated rings. The molecule has 0 bridgehead atoms. The third-order valence-electron chi connectivity index (χ3n) is 4.18. The van der Waals surface area contributed by atoms with Crippen LogP contribution in [0.15, 0.2) is 42.5 Å². The summed E-state index contributed by atoms with van der Waals surface area (Å²) in [4.78, 5) is 24.4. The molecule has 0 aliphatic carbocycles. The van der Waals surface area contributed by atoms with Gasteiger partial charge in [-0.1, -0.05) is 24.3 Å². The van der Waals surface area contributed by atoms with Crippen LogP contribution in [0, 0.1) is 13.7 Å². The molecule has 1 aliphatic rings. The van der Waals surface area contributed by atoms with Crippen LogP contribution in [0.25, 0.3) is 0 Å². The zero-order chi connectivity index (χ0) is 17.8. The van der Waals surface area contributed by atoms with Crippen molar-refractivity contribution in [3.63, 3.8) is 0 Å². The van der Waals surface area contributed by atoms with E-state index in [1.807, 2.05) is 35.2 Å². The van der Waals surface area contributed by atoms with Gasteiger partial charge in [0, 0.05) is 35.7 Å². The quantitative estimate of drug-likeness (QED) is 0.410. The Bertz CT molecular complexity index is 810. The van der Waals surface area contributed by atoms with Crippen LogP contribution < -0.4 is 5.32 Å². The van der Waals surface area contributed by atoms with E-state index in [0.717, 1.165) is 27.7 Å². The average Bonchev–Trinajstić information content (AvgIpc) is 2.99. The van der Waals surface area contributed by atoms with E-state index in [1.54, 1.807) is 12.1 Å². The van der Waals surface area contributed by atoms with Crippen molar-refractivity contribution < 1.29 is 9.72 Å². The normalized spacial score (nSPS) is 14.0. The van der Waals surface area contributed by atoms with E-state index in [2.05, 4.69) is 27.9 Å². The van der Waals surface area contributed by atoms with Gasteiger partial charge in [-0.3, -0.25) is 14.9 Å². The first-order valence-corrected chi connectivity index (χ1v) is 9.14. The number of likely N-dealkylation sites (tertiary alicyclic amines) is 1. The second kappa shape index (κ2) is 7.81. The summed E-state index contributed by atoms with van der Waals surface area (Å²) in [5.74, 6) is 0.207. The van der Waals surface area contributed by atoms with Gasteiger partial charge in [0.2, 0.25) is 5.91 Å². The van der Waals surface area contributed by atoms with E-state index in [1.165, 1.54) is 0 Å². The number of amides is 1. The third kappa shape index (κ3) is 4.47. The maximum Gasteiger partial charge on any atom is 0.293 e. The number of nitrogens with one attached hydrogen (secondary N) is 1. The lowest BCUT2D eigenvalue weighted by molar-refractivity contribution is -0.384. The summed E-state index contributed by atoms with van der Waals surface area (Å²) in [7, 11) is 0. The molecule has 130 valence electrons. The molecule has 0 atom stereocenters. The summed E-state index contributed by atoms with van der Waals surface area (Å²) >= 11 is 2.06. The van der Waals surface area contributed by atoms with Crippen LogP contribution in [0.5, 0.6) is 0 Å². The highest BCUT2D eigenvalue weighted by Gasteiger charge is 2.20. The van der Waals surface area contributed by atoms with Crippen LogP contribution in [0.4, 0.5) is 11.4 Å². The Balaban J connectivity index is 1.69. The lowest BCUT2D eigenvalue weighted by Crippen LogP contribution is -2.23. The number of nitrogens with zero attached hydrogens (tertiary/aromatic N) is 2. The number of hydrogen-bond donors (Lipinski definition) is 1. The van der Waals surface area contributed by atoms with Crippen molar-refractivity contribution in [1.29, 1.82) is 0 Å². The van der Waals surface area contributed by atoms with Crippen LogP contribution in [-0.2, 0) is 17.9 Å². The predicted octanol–water partition coefficient (Wildman–Crippen LogP) is 3.93. The first kappa shape index (κ1) is 17.7. The van der Waals surface area contributed by atoms with Crippen LogP contribution in [0.3, 0.4) is 0 Å². The number of nitro benzene ring substituents is 1. The van der Waals surface area contributed by atoms with Gasteiger partial charge in [-0.2, -0.15) is 0 Å². The summed E-state index contributed by atoms with van der Waals surface area (Å²) in [6.07, 6.45) is 1.56. The van der Waals surface area contributed by atoms with Crippen LogP contribution in [-0.4, -0.2) is 22.3 Å². The zero-order valence-corrected chi connectivity index (χ0v) is 15.7. The Morgan fingerprint density at radius 3 is 2.72 bits per heavy atom. The topological polar surface area (TPSA) is 75.5 Å². The summed E-state index contributed by atoms with van der Waals surface area (Å²) in [6, 6.07) is 13.1. The van der Waals surface area contributed by atoms with Gasteiger partial charge in [0.1, 0.15) is 5.69 Å². The molecule has 0 unspecified atom stereocenters. The first-order valence-electron chi connectivity index (χ1n) is 8.06. The van der Waals surface area contributed by atoms with E-state index in [-0.39, 0.29) is 16.5 Å². The fourth-order valence-electron chi connectivity index (χ4n) is 2.93. The fraction of sp³-hybridized carbons (Fsp3) is 0.278. The Kier molecular flexibility index (Phi) is 5.52. The van der Waals surface area contributed by atoms with Crippen molar-refractivity contribution in [2.75, 3.05) is 11.9 Å². The average molecular weight is 451 g/mol. The highest BCUT2D eigenvalue weighted by Crippen LogP contribution is 2.27. The molecule has 0 radical (unpaired) electrons. The number of nitro groups is 1. The number of carbonyl (C=O) groups excluding carboxylic acids is 1. The van der Waals surface area contributed by atoms with Crippen molar-refractivity contribution >= 4 is 39.9 Å². The molecule has 1 N–H and O–H groups in total. The van der Waals surface area contributed by atoms with E-state index in [0.29, 0.717) is 25.2 Å². The molecule has 1 heterocycles.